The van der Waals surface area contributed by atoms with Crippen LogP contribution in [0, 0.1) is 6.92 Å². The van der Waals surface area contributed by atoms with Crippen LogP contribution in [0.25, 0.3) is 0 Å². The van der Waals surface area contributed by atoms with Crippen LogP contribution in [0.3, 0.4) is 0 Å². The highest BCUT2D eigenvalue weighted by Gasteiger charge is 2.17. The fourth-order valence-electron chi connectivity index (χ4n) is 2.27. The molecule has 0 radical (unpaired) electrons. The molecule has 1 aliphatic heterocycles. The summed E-state index contributed by atoms with van der Waals surface area (Å²) in [6.45, 7) is 2.62. The van der Waals surface area contributed by atoms with E-state index in [0.29, 0.717) is 18.5 Å². The summed E-state index contributed by atoms with van der Waals surface area (Å²) in [5.74, 6) is -1.11. The standard InChI is InChI=1S/C15H19NO4/c1-10-4-5-11(15(18)19)9-13(10)16-14(17)7-6-12-3-2-8-20-12/h4-5,9,12H,2-3,6-8H2,1H3,(H,16,17)(H,18,19)/t12-/m1/s1. The van der Waals surface area contributed by atoms with Crippen molar-refractivity contribution < 1.29 is 19.4 Å². The fourth-order valence-corrected chi connectivity index (χ4v) is 2.27. The Bertz CT molecular complexity index is 507. The van der Waals surface area contributed by atoms with Gasteiger partial charge in [0.15, 0.2) is 0 Å². The third kappa shape index (κ3) is 3.81. The van der Waals surface area contributed by atoms with Gasteiger partial charge in [0.1, 0.15) is 0 Å². The van der Waals surface area contributed by atoms with Gasteiger partial charge in [-0.05, 0) is 43.9 Å². The number of benzene rings is 1. The topological polar surface area (TPSA) is 75.6 Å². The minimum Gasteiger partial charge on any atom is -0.478 e. The number of aryl methyl sites for hydroxylation is 1. The number of amides is 1. The number of ether oxygens (including phenoxy) is 1. The van der Waals surface area contributed by atoms with E-state index in [-0.39, 0.29) is 17.6 Å². The molecule has 0 saturated carbocycles. The molecule has 1 aromatic carbocycles. The molecular weight excluding hydrogens is 258 g/mol. The summed E-state index contributed by atoms with van der Waals surface area (Å²) in [5, 5.41) is 11.7. The molecule has 5 nitrogen and oxygen atoms in total. The van der Waals surface area contributed by atoms with Crippen LogP contribution in [0.1, 0.15) is 41.6 Å². The molecule has 1 saturated heterocycles. The zero-order chi connectivity index (χ0) is 14.5. The Kier molecular flexibility index (Phi) is 4.74. The lowest BCUT2D eigenvalue weighted by Gasteiger charge is -2.11. The first kappa shape index (κ1) is 14.5. The summed E-state index contributed by atoms with van der Waals surface area (Å²) in [7, 11) is 0. The number of carbonyl (C=O) groups is 2. The van der Waals surface area contributed by atoms with E-state index in [2.05, 4.69) is 5.32 Å². The number of aromatic carboxylic acids is 1. The molecule has 0 spiro atoms. The van der Waals surface area contributed by atoms with E-state index < -0.39 is 5.97 Å². The third-order valence-electron chi connectivity index (χ3n) is 3.48. The van der Waals surface area contributed by atoms with E-state index in [1.807, 2.05) is 6.92 Å². The average molecular weight is 277 g/mol. The number of anilines is 1. The molecule has 0 aromatic heterocycles. The summed E-state index contributed by atoms with van der Waals surface area (Å²) in [6.07, 6.45) is 3.37. The number of carboxylic acid groups (broad SMARTS) is 1. The van der Waals surface area contributed by atoms with E-state index >= 15 is 0 Å². The second-order valence-electron chi connectivity index (χ2n) is 5.06. The van der Waals surface area contributed by atoms with E-state index in [1.165, 1.54) is 12.1 Å². The quantitative estimate of drug-likeness (QED) is 0.867. The number of nitrogens with one attached hydrogen (secondary N) is 1. The van der Waals surface area contributed by atoms with Crippen molar-refractivity contribution in [3.05, 3.63) is 29.3 Å². The molecule has 1 aliphatic rings. The predicted molar refractivity (Wildman–Crippen MR) is 75.0 cm³/mol. The molecule has 1 aromatic rings. The predicted octanol–water partition coefficient (Wildman–Crippen LogP) is 2.59. The molecule has 0 bridgehead atoms. The van der Waals surface area contributed by atoms with E-state index in [4.69, 9.17) is 9.84 Å². The molecule has 1 fully saturated rings. The number of rotatable bonds is 5. The number of carboxylic acids is 1. The molecule has 1 amide bonds. The second-order valence-corrected chi connectivity index (χ2v) is 5.06. The van der Waals surface area contributed by atoms with Crippen molar-refractivity contribution in [2.24, 2.45) is 0 Å². The van der Waals surface area contributed by atoms with Crippen molar-refractivity contribution >= 4 is 17.6 Å². The first-order valence-corrected chi connectivity index (χ1v) is 6.81. The third-order valence-corrected chi connectivity index (χ3v) is 3.48. The first-order valence-electron chi connectivity index (χ1n) is 6.81. The fraction of sp³-hybridized carbons (Fsp3) is 0.467. The summed E-state index contributed by atoms with van der Waals surface area (Å²) in [5.41, 5.74) is 1.58. The van der Waals surface area contributed by atoms with Crippen LogP contribution in [0.4, 0.5) is 5.69 Å². The van der Waals surface area contributed by atoms with Gasteiger partial charge in [-0.3, -0.25) is 4.79 Å². The Labute approximate surface area is 117 Å². The molecular formula is C15H19NO4. The zero-order valence-corrected chi connectivity index (χ0v) is 11.5. The molecule has 0 aliphatic carbocycles. The van der Waals surface area contributed by atoms with Gasteiger partial charge in [-0.1, -0.05) is 6.07 Å². The average Bonchev–Trinajstić information content (AvgIpc) is 2.92. The maximum Gasteiger partial charge on any atom is 0.335 e. The maximum atomic E-state index is 11.9. The van der Waals surface area contributed by atoms with E-state index in [9.17, 15) is 9.59 Å². The van der Waals surface area contributed by atoms with Crippen LogP contribution >= 0.6 is 0 Å². The first-order chi connectivity index (χ1) is 9.56. The molecule has 20 heavy (non-hydrogen) atoms. The van der Waals surface area contributed by atoms with Crippen molar-refractivity contribution in [1.82, 2.24) is 0 Å². The van der Waals surface area contributed by atoms with Gasteiger partial charge in [0.2, 0.25) is 5.91 Å². The monoisotopic (exact) mass is 277 g/mol. The van der Waals surface area contributed by atoms with Gasteiger partial charge in [0.25, 0.3) is 0 Å². The largest absolute Gasteiger partial charge is 0.478 e. The SMILES string of the molecule is Cc1ccc(C(=O)O)cc1NC(=O)CC[C@H]1CCCO1. The Hall–Kier alpha value is -1.88. The lowest BCUT2D eigenvalue weighted by Crippen LogP contribution is -2.16. The van der Waals surface area contributed by atoms with Crippen LogP contribution in [-0.4, -0.2) is 29.7 Å². The van der Waals surface area contributed by atoms with Crippen molar-refractivity contribution in [2.45, 2.75) is 38.7 Å². The molecule has 5 heteroatoms. The Balaban J connectivity index is 1.92. The van der Waals surface area contributed by atoms with E-state index in [0.717, 1.165) is 25.0 Å². The van der Waals surface area contributed by atoms with Gasteiger partial charge in [0.05, 0.1) is 11.7 Å². The second kappa shape index (κ2) is 6.52. The number of hydrogen-bond acceptors (Lipinski definition) is 3. The molecule has 2 rings (SSSR count). The number of carbonyl (C=O) groups excluding carboxylic acids is 1. The minimum atomic E-state index is -1.00. The molecule has 2 N–H and O–H groups in total. The Morgan fingerprint density at radius 1 is 1.45 bits per heavy atom. The lowest BCUT2D eigenvalue weighted by atomic mass is 10.1. The van der Waals surface area contributed by atoms with Gasteiger partial charge >= 0.3 is 5.97 Å². The van der Waals surface area contributed by atoms with Gasteiger partial charge in [-0.15, -0.1) is 0 Å². The highest BCUT2D eigenvalue weighted by atomic mass is 16.5. The normalized spacial score (nSPS) is 17.9. The minimum absolute atomic E-state index is 0.105. The Morgan fingerprint density at radius 2 is 2.25 bits per heavy atom. The van der Waals surface area contributed by atoms with Crippen LogP contribution in [-0.2, 0) is 9.53 Å². The smallest absolute Gasteiger partial charge is 0.335 e. The number of hydrogen-bond donors (Lipinski definition) is 2. The maximum absolute atomic E-state index is 11.9. The van der Waals surface area contributed by atoms with Crippen molar-refractivity contribution in [1.29, 1.82) is 0 Å². The zero-order valence-electron chi connectivity index (χ0n) is 11.5. The lowest BCUT2D eigenvalue weighted by molar-refractivity contribution is -0.116. The van der Waals surface area contributed by atoms with Gasteiger partial charge in [0, 0.05) is 18.7 Å². The van der Waals surface area contributed by atoms with Crippen molar-refractivity contribution in [3.63, 3.8) is 0 Å². The molecule has 1 heterocycles. The van der Waals surface area contributed by atoms with E-state index in [1.54, 1.807) is 6.07 Å². The molecule has 108 valence electrons. The highest BCUT2D eigenvalue weighted by molar-refractivity contribution is 5.94. The highest BCUT2D eigenvalue weighted by Crippen LogP contribution is 2.19. The van der Waals surface area contributed by atoms with Crippen molar-refractivity contribution in [3.8, 4) is 0 Å². The van der Waals surface area contributed by atoms with Crippen LogP contribution < -0.4 is 5.32 Å². The summed E-state index contributed by atoms with van der Waals surface area (Å²) in [6, 6.07) is 4.71. The van der Waals surface area contributed by atoms with Gasteiger partial charge in [-0.2, -0.15) is 0 Å². The van der Waals surface area contributed by atoms with Gasteiger partial charge < -0.3 is 15.2 Å². The van der Waals surface area contributed by atoms with Crippen LogP contribution in [0.2, 0.25) is 0 Å². The summed E-state index contributed by atoms with van der Waals surface area (Å²) < 4.78 is 5.47. The summed E-state index contributed by atoms with van der Waals surface area (Å²) >= 11 is 0. The molecule has 0 unspecified atom stereocenters. The molecule has 1 atom stereocenters. The van der Waals surface area contributed by atoms with Crippen LogP contribution in [0.5, 0.6) is 0 Å². The van der Waals surface area contributed by atoms with Crippen LogP contribution in [0.15, 0.2) is 18.2 Å². The Morgan fingerprint density at radius 3 is 2.90 bits per heavy atom. The van der Waals surface area contributed by atoms with Crippen molar-refractivity contribution in [2.75, 3.05) is 11.9 Å². The summed E-state index contributed by atoms with van der Waals surface area (Å²) in [4.78, 5) is 22.8. The van der Waals surface area contributed by atoms with Gasteiger partial charge in [-0.25, -0.2) is 4.79 Å².